The molecule has 1 aromatic heterocycles. The average Bonchev–Trinajstić information content (AvgIpc) is 2.72. The van der Waals surface area contributed by atoms with Crippen LogP contribution >= 0.6 is 11.8 Å². The molecule has 0 aromatic carbocycles. The molecular weight excluding hydrogens is 242 g/mol. The van der Waals surface area contributed by atoms with E-state index >= 15 is 0 Å². The van der Waals surface area contributed by atoms with E-state index in [2.05, 4.69) is 22.2 Å². The summed E-state index contributed by atoms with van der Waals surface area (Å²) in [5.41, 5.74) is 2.14. The van der Waals surface area contributed by atoms with Gasteiger partial charge in [0.1, 0.15) is 0 Å². The van der Waals surface area contributed by atoms with Gasteiger partial charge < -0.3 is 5.32 Å². The lowest BCUT2D eigenvalue weighted by atomic mass is 10.2. The molecule has 4 heteroatoms. The highest BCUT2D eigenvalue weighted by atomic mass is 32.2. The first-order chi connectivity index (χ1) is 8.69. The highest BCUT2D eigenvalue weighted by Gasteiger charge is 2.28. The Labute approximate surface area is 114 Å². The maximum absolute atomic E-state index is 4.54. The van der Waals surface area contributed by atoms with E-state index in [0.717, 1.165) is 23.1 Å². The summed E-state index contributed by atoms with van der Waals surface area (Å²) in [5, 5.41) is 5.24. The third-order valence-electron chi connectivity index (χ3n) is 3.33. The van der Waals surface area contributed by atoms with Crippen molar-refractivity contribution in [2.45, 2.75) is 62.9 Å². The number of hydrogen-bond acceptors (Lipinski definition) is 4. The molecule has 0 radical (unpaired) electrons. The average molecular weight is 265 g/mol. The molecule has 1 aliphatic carbocycles. The van der Waals surface area contributed by atoms with Crippen molar-refractivity contribution in [2.75, 3.05) is 6.54 Å². The Morgan fingerprint density at radius 2 is 2.00 bits per heavy atom. The number of nitrogens with one attached hydrogen (secondary N) is 1. The fourth-order valence-electron chi connectivity index (χ4n) is 2.51. The van der Waals surface area contributed by atoms with Crippen LogP contribution < -0.4 is 5.32 Å². The summed E-state index contributed by atoms with van der Waals surface area (Å²) in [6.07, 6.45) is 5.10. The Morgan fingerprint density at radius 3 is 2.67 bits per heavy atom. The van der Waals surface area contributed by atoms with Crippen LogP contribution in [0.1, 0.15) is 44.0 Å². The first-order valence-corrected chi connectivity index (χ1v) is 7.79. The molecule has 1 saturated carbocycles. The predicted octanol–water partition coefficient (Wildman–Crippen LogP) is 3.11. The largest absolute Gasteiger partial charge is 0.313 e. The van der Waals surface area contributed by atoms with E-state index < -0.39 is 0 Å². The highest BCUT2D eigenvalue weighted by Crippen LogP contribution is 2.33. The third-order valence-corrected chi connectivity index (χ3v) is 4.59. The Hall–Kier alpha value is -0.610. The van der Waals surface area contributed by atoms with E-state index in [1.165, 1.54) is 25.7 Å². The quantitative estimate of drug-likeness (QED) is 0.830. The van der Waals surface area contributed by atoms with Crippen LogP contribution in [0.3, 0.4) is 0 Å². The fourth-order valence-corrected chi connectivity index (χ4v) is 3.86. The molecule has 0 bridgehead atoms. The molecule has 1 aliphatic rings. The fraction of sp³-hybridized carbons (Fsp3) is 0.714. The van der Waals surface area contributed by atoms with Crippen LogP contribution in [-0.4, -0.2) is 27.8 Å². The van der Waals surface area contributed by atoms with Crippen LogP contribution in [-0.2, 0) is 0 Å². The van der Waals surface area contributed by atoms with Crippen LogP contribution in [0.15, 0.2) is 11.2 Å². The monoisotopic (exact) mass is 265 g/mol. The van der Waals surface area contributed by atoms with Crippen molar-refractivity contribution in [3.8, 4) is 0 Å². The third kappa shape index (κ3) is 3.69. The van der Waals surface area contributed by atoms with E-state index in [-0.39, 0.29) is 0 Å². The van der Waals surface area contributed by atoms with E-state index in [1.54, 1.807) is 0 Å². The van der Waals surface area contributed by atoms with Crippen molar-refractivity contribution < 1.29 is 0 Å². The van der Waals surface area contributed by atoms with Crippen LogP contribution in [0.25, 0.3) is 0 Å². The van der Waals surface area contributed by atoms with Gasteiger partial charge in [-0.1, -0.05) is 25.1 Å². The van der Waals surface area contributed by atoms with Gasteiger partial charge in [0, 0.05) is 22.7 Å². The van der Waals surface area contributed by atoms with Gasteiger partial charge in [0.2, 0.25) is 0 Å². The lowest BCUT2D eigenvalue weighted by Crippen LogP contribution is -2.34. The van der Waals surface area contributed by atoms with E-state index in [0.29, 0.717) is 11.3 Å². The van der Waals surface area contributed by atoms with Crippen LogP contribution in [0.5, 0.6) is 0 Å². The zero-order chi connectivity index (χ0) is 13.0. The lowest BCUT2D eigenvalue weighted by Gasteiger charge is -2.19. The maximum Gasteiger partial charge on any atom is 0.188 e. The van der Waals surface area contributed by atoms with E-state index in [1.807, 2.05) is 31.7 Å². The number of hydrogen-bond donors (Lipinski definition) is 1. The molecule has 2 unspecified atom stereocenters. The van der Waals surface area contributed by atoms with Crippen LogP contribution in [0, 0.1) is 13.8 Å². The summed E-state index contributed by atoms with van der Waals surface area (Å²) in [7, 11) is 0. The summed E-state index contributed by atoms with van der Waals surface area (Å²) in [6, 6.07) is 2.67. The van der Waals surface area contributed by atoms with Crippen molar-refractivity contribution in [3.05, 3.63) is 17.5 Å². The van der Waals surface area contributed by atoms with Gasteiger partial charge in [0.25, 0.3) is 0 Å². The molecule has 0 aliphatic heterocycles. The molecule has 2 atom stereocenters. The molecule has 18 heavy (non-hydrogen) atoms. The van der Waals surface area contributed by atoms with Gasteiger partial charge in [0.15, 0.2) is 5.16 Å². The molecule has 1 heterocycles. The van der Waals surface area contributed by atoms with Crippen molar-refractivity contribution in [1.82, 2.24) is 15.3 Å². The van der Waals surface area contributed by atoms with Crippen molar-refractivity contribution >= 4 is 11.8 Å². The number of thioether (sulfide) groups is 1. The molecule has 0 saturated heterocycles. The van der Waals surface area contributed by atoms with Gasteiger partial charge in [-0.15, -0.1) is 0 Å². The van der Waals surface area contributed by atoms with E-state index in [4.69, 9.17) is 0 Å². The minimum Gasteiger partial charge on any atom is -0.313 e. The van der Waals surface area contributed by atoms with Crippen molar-refractivity contribution in [2.24, 2.45) is 0 Å². The van der Waals surface area contributed by atoms with Gasteiger partial charge >= 0.3 is 0 Å². The maximum atomic E-state index is 4.54. The molecule has 1 N–H and O–H groups in total. The minimum absolute atomic E-state index is 0.637. The Morgan fingerprint density at radius 1 is 1.28 bits per heavy atom. The zero-order valence-corrected chi connectivity index (χ0v) is 12.4. The van der Waals surface area contributed by atoms with Crippen molar-refractivity contribution in [1.29, 1.82) is 0 Å². The summed E-state index contributed by atoms with van der Waals surface area (Å²) in [4.78, 5) is 9.07. The van der Waals surface area contributed by atoms with Gasteiger partial charge in [0.05, 0.1) is 0 Å². The van der Waals surface area contributed by atoms with Crippen molar-refractivity contribution in [3.63, 3.8) is 0 Å². The van der Waals surface area contributed by atoms with Crippen LogP contribution in [0.4, 0.5) is 0 Å². The standard InChI is InChI=1S/C14H23N3S/c1-4-8-15-12-6-5-7-13(12)18-14-16-10(2)9-11(3)17-14/h9,12-13,15H,4-8H2,1-3H3. The smallest absolute Gasteiger partial charge is 0.188 e. The summed E-state index contributed by atoms with van der Waals surface area (Å²) < 4.78 is 0. The lowest BCUT2D eigenvalue weighted by molar-refractivity contribution is 0.530. The molecule has 0 spiro atoms. The summed E-state index contributed by atoms with van der Waals surface area (Å²) in [6.45, 7) is 7.42. The Bertz CT molecular complexity index is 374. The van der Waals surface area contributed by atoms with Gasteiger partial charge in [-0.2, -0.15) is 0 Å². The summed E-state index contributed by atoms with van der Waals surface area (Å²) in [5.74, 6) is 0. The first kappa shape index (κ1) is 13.8. The SMILES string of the molecule is CCCNC1CCCC1Sc1nc(C)cc(C)n1. The molecule has 2 rings (SSSR count). The summed E-state index contributed by atoms with van der Waals surface area (Å²) >= 11 is 1.85. The zero-order valence-electron chi connectivity index (χ0n) is 11.6. The molecule has 100 valence electrons. The minimum atomic E-state index is 0.637. The normalized spacial score (nSPS) is 23.5. The second kappa shape index (κ2) is 6.53. The first-order valence-electron chi connectivity index (χ1n) is 6.91. The van der Waals surface area contributed by atoms with Crippen LogP contribution in [0.2, 0.25) is 0 Å². The van der Waals surface area contributed by atoms with Gasteiger partial charge in [-0.3, -0.25) is 0 Å². The van der Waals surface area contributed by atoms with Gasteiger partial charge in [-0.25, -0.2) is 9.97 Å². The number of rotatable bonds is 5. The Kier molecular flexibility index (Phi) is 5.01. The molecule has 1 aromatic rings. The Balaban J connectivity index is 1.98. The molecule has 0 amide bonds. The molecule has 1 fully saturated rings. The number of aromatic nitrogens is 2. The topological polar surface area (TPSA) is 37.8 Å². The molecular formula is C14H23N3S. The predicted molar refractivity (Wildman–Crippen MR) is 77.1 cm³/mol. The van der Waals surface area contributed by atoms with Gasteiger partial charge in [-0.05, 0) is 45.7 Å². The number of nitrogens with zero attached hydrogens (tertiary/aromatic N) is 2. The second-order valence-corrected chi connectivity index (χ2v) is 6.29. The highest BCUT2D eigenvalue weighted by molar-refractivity contribution is 7.99. The van der Waals surface area contributed by atoms with E-state index in [9.17, 15) is 0 Å². The second-order valence-electron chi connectivity index (χ2n) is 5.08. The molecule has 3 nitrogen and oxygen atoms in total. The number of aryl methyl sites for hydroxylation is 2.